The van der Waals surface area contributed by atoms with Crippen LogP contribution in [0, 0.1) is 5.41 Å². The Hall–Kier alpha value is -3.14. The molecule has 9 heteroatoms. The maximum atomic E-state index is 12.4. The largest absolute Gasteiger partial charge is 0.383 e. The predicted molar refractivity (Wildman–Crippen MR) is 149 cm³/mol. The molecule has 1 aliphatic rings. The molecule has 2 heterocycles. The maximum absolute atomic E-state index is 12.4. The quantitative estimate of drug-likeness (QED) is 0.194. The molecule has 0 aliphatic carbocycles. The number of nitrogen functional groups attached to an aromatic ring is 1. The minimum absolute atomic E-state index is 0.0291. The summed E-state index contributed by atoms with van der Waals surface area (Å²) in [5.74, 6) is -0.147. The maximum Gasteiger partial charge on any atom is 0.243 e. The van der Waals surface area contributed by atoms with Crippen LogP contribution in [0.25, 0.3) is 0 Å². The summed E-state index contributed by atoms with van der Waals surface area (Å²) in [6.07, 6.45) is 4.43. The predicted octanol–water partition coefficient (Wildman–Crippen LogP) is 3.78. The molecule has 190 valence electrons. The number of hydrogen-bond acceptors (Lipinski definition) is 6. The van der Waals surface area contributed by atoms with Gasteiger partial charge in [0.05, 0.1) is 18.0 Å². The van der Waals surface area contributed by atoms with Crippen molar-refractivity contribution in [3.63, 3.8) is 0 Å². The number of rotatable bonds is 9. The zero-order valence-corrected chi connectivity index (χ0v) is 22.0. The first kappa shape index (κ1) is 27.4. The molecule has 0 bridgehead atoms. The molecule has 3 aromatic rings. The zero-order valence-electron chi connectivity index (χ0n) is 20.4. The van der Waals surface area contributed by atoms with Crippen molar-refractivity contribution in [3.8, 4) is 0 Å². The molecular formula is C27H33N5O2S2. The second-order valence-corrected chi connectivity index (χ2v) is 10.2. The minimum atomic E-state index is -0.390. The Bertz CT molecular complexity index is 1080. The summed E-state index contributed by atoms with van der Waals surface area (Å²) in [6, 6.07) is 24.3. The second kappa shape index (κ2) is 14.4. The van der Waals surface area contributed by atoms with Gasteiger partial charge in [0, 0.05) is 11.4 Å². The van der Waals surface area contributed by atoms with Crippen LogP contribution in [0.5, 0.6) is 0 Å². The molecule has 5 N–H and O–H groups in total. The van der Waals surface area contributed by atoms with Gasteiger partial charge in [-0.05, 0) is 48.8 Å². The summed E-state index contributed by atoms with van der Waals surface area (Å²) >= 11 is 2.77. The number of nitrogens with zero attached hydrogens (tertiary/aromatic N) is 1. The molecule has 4 rings (SSSR count). The highest BCUT2D eigenvalue weighted by molar-refractivity contribution is 7.96. The highest BCUT2D eigenvalue weighted by Gasteiger charge is 2.33. The monoisotopic (exact) mass is 523 g/mol. The zero-order chi connectivity index (χ0) is 25.8. The molecule has 0 saturated carbocycles. The van der Waals surface area contributed by atoms with Crippen LogP contribution in [0.15, 0.2) is 72.8 Å². The summed E-state index contributed by atoms with van der Waals surface area (Å²) in [7, 11) is 0. The van der Waals surface area contributed by atoms with Crippen LogP contribution in [0.2, 0.25) is 0 Å². The molecule has 2 amide bonds. The lowest BCUT2D eigenvalue weighted by atomic mass is 10.1. The molecule has 1 aromatic heterocycles. The van der Waals surface area contributed by atoms with Gasteiger partial charge in [-0.2, -0.15) is 0 Å². The molecule has 1 saturated heterocycles. The Morgan fingerprint density at radius 2 is 1.69 bits per heavy atom. The molecule has 0 radical (unpaired) electrons. The van der Waals surface area contributed by atoms with E-state index >= 15 is 0 Å². The number of benzene rings is 2. The van der Waals surface area contributed by atoms with Crippen LogP contribution in [-0.2, 0) is 22.6 Å². The van der Waals surface area contributed by atoms with Crippen molar-refractivity contribution in [2.24, 2.45) is 5.73 Å². The Labute approximate surface area is 221 Å². The van der Waals surface area contributed by atoms with Crippen LogP contribution in [0.1, 0.15) is 33.7 Å². The second-order valence-electron chi connectivity index (χ2n) is 8.32. The van der Waals surface area contributed by atoms with Crippen molar-refractivity contribution in [1.29, 1.82) is 5.41 Å². The van der Waals surface area contributed by atoms with Gasteiger partial charge in [0.2, 0.25) is 11.8 Å². The van der Waals surface area contributed by atoms with Crippen LogP contribution >= 0.6 is 23.3 Å². The van der Waals surface area contributed by atoms with Crippen molar-refractivity contribution >= 4 is 40.9 Å². The third-order valence-corrected chi connectivity index (χ3v) is 7.25. The molecule has 1 atom stereocenters. The van der Waals surface area contributed by atoms with Crippen molar-refractivity contribution in [2.45, 2.75) is 31.8 Å². The van der Waals surface area contributed by atoms with Gasteiger partial charge in [0.25, 0.3) is 0 Å². The Morgan fingerprint density at radius 3 is 2.25 bits per heavy atom. The highest BCUT2D eigenvalue weighted by atomic mass is 32.2. The van der Waals surface area contributed by atoms with E-state index in [4.69, 9.17) is 11.1 Å². The smallest absolute Gasteiger partial charge is 0.243 e. The topological polar surface area (TPSA) is 111 Å². The number of nitrogens with one attached hydrogen (secondary N) is 3. The van der Waals surface area contributed by atoms with Gasteiger partial charge in [-0.15, -0.1) is 11.3 Å². The number of amides is 2. The van der Waals surface area contributed by atoms with E-state index in [1.807, 2.05) is 12.3 Å². The SMILES string of the molecule is CSNCC(=O)N1CCCC1C(=O)NCc1ccc(C(=N)N)s1.c1ccc(Cc2ccccc2)cc1. The molecule has 1 unspecified atom stereocenters. The van der Waals surface area contributed by atoms with Crippen molar-refractivity contribution in [2.75, 3.05) is 19.3 Å². The van der Waals surface area contributed by atoms with Gasteiger partial charge in [0.1, 0.15) is 11.9 Å². The van der Waals surface area contributed by atoms with Crippen LogP contribution in [0.4, 0.5) is 0 Å². The average Bonchev–Trinajstić information content (AvgIpc) is 3.58. The third kappa shape index (κ3) is 8.51. The average molecular weight is 524 g/mol. The van der Waals surface area contributed by atoms with Crippen LogP contribution in [0.3, 0.4) is 0 Å². The first-order chi connectivity index (χ1) is 17.5. The lowest BCUT2D eigenvalue weighted by molar-refractivity contribution is -0.137. The summed E-state index contributed by atoms with van der Waals surface area (Å²) in [5.41, 5.74) is 8.17. The van der Waals surface area contributed by atoms with E-state index in [1.54, 1.807) is 11.0 Å². The first-order valence-electron chi connectivity index (χ1n) is 11.8. The number of carbonyl (C=O) groups excluding carboxylic acids is 2. The number of thiophene rings is 1. The molecule has 0 spiro atoms. The summed E-state index contributed by atoms with van der Waals surface area (Å²) in [6.45, 7) is 1.25. The molecule has 1 fully saturated rings. The standard InChI is InChI=1S/C14H21N5O2S2.C13H12/c1-22-18-8-12(20)19-6-2-3-10(19)14(21)17-7-9-4-5-11(23-9)13(15)16;1-3-7-12(8-4-1)11-13-9-5-2-6-10-13/h4-5,10,18H,2-3,6-8H2,1H3,(H3,15,16)(H,17,21);1-10H,11H2. The fourth-order valence-corrected chi connectivity index (χ4v) is 4.99. The lowest BCUT2D eigenvalue weighted by Gasteiger charge is -2.23. The van der Waals surface area contributed by atoms with Gasteiger partial charge in [0.15, 0.2) is 0 Å². The van der Waals surface area contributed by atoms with E-state index in [0.717, 1.165) is 17.7 Å². The molecule has 36 heavy (non-hydrogen) atoms. The fourth-order valence-electron chi connectivity index (χ4n) is 3.91. The first-order valence-corrected chi connectivity index (χ1v) is 13.9. The number of nitrogens with two attached hydrogens (primary N) is 1. The van der Waals surface area contributed by atoms with Crippen molar-refractivity contribution in [1.82, 2.24) is 14.9 Å². The van der Waals surface area contributed by atoms with Gasteiger partial charge >= 0.3 is 0 Å². The summed E-state index contributed by atoms with van der Waals surface area (Å²) < 4.78 is 2.92. The van der Waals surface area contributed by atoms with E-state index in [2.05, 4.69) is 70.7 Å². The van der Waals surface area contributed by atoms with Crippen LogP contribution < -0.4 is 15.8 Å². The van der Waals surface area contributed by atoms with E-state index < -0.39 is 6.04 Å². The molecule has 2 aromatic carbocycles. The lowest BCUT2D eigenvalue weighted by Crippen LogP contribution is -2.47. The van der Waals surface area contributed by atoms with Gasteiger partial charge in [-0.25, -0.2) is 0 Å². The summed E-state index contributed by atoms with van der Waals surface area (Å²) in [4.78, 5) is 27.7. The van der Waals surface area contributed by atoms with E-state index in [1.165, 1.54) is 34.4 Å². The number of likely N-dealkylation sites (tertiary alicyclic amines) is 1. The van der Waals surface area contributed by atoms with Crippen molar-refractivity contribution < 1.29 is 9.59 Å². The van der Waals surface area contributed by atoms with Crippen LogP contribution in [-0.4, -0.2) is 47.9 Å². The number of carbonyl (C=O) groups is 2. The van der Waals surface area contributed by atoms with Gasteiger partial charge in [-0.3, -0.25) is 19.7 Å². The number of amidine groups is 1. The normalized spacial score (nSPS) is 14.6. The number of hydrogen-bond donors (Lipinski definition) is 4. The fraction of sp³-hybridized carbons (Fsp3) is 0.296. The minimum Gasteiger partial charge on any atom is -0.383 e. The Kier molecular flexibility index (Phi) is 11.0. The third-order valence-electron chi connectivity index (χ3n) is 5.70. The van der Waals surface area contributed by atoms with E-state index in [-0.39, 0.29) is 24.2 Å². The van der Waals surface area contributed by atoms with E-state index in [0.29, 0.717) is 24.4 Å². The summed E-state index contributed by atoms with van der Waals surface area (Å²) in [5, 5.41) is 10.3. The van der Waals surface area contributed by atoms with Crippen molar-refractivity contribution in [3.05, 3.63) is 93.7 Å². The van der Waals surface area contributed by atoms with Gasteiger partial charge in [-0.1, -0.05) is 72.6 Å². The Balaban J connectivity index is 0.000000233. The Morgan fingerprint density at radius 1 is 1.06 bits per heavy atom. The highest BCUT2D eigenvalue weighted by Crippen LogP contribution is 2.19. The molecule has 1 aliphatic heterocycles. The molecular weight excluding hydrogens is 490 g/mol. The van der Waals surface area contributed by atoms with Gasteiger partial charge < -0.3 is 16.0 Å². The molecule has 7 nitrogen and oxygen atoms in total. The van der Waals surface area contributed by atoms with E-state index in [9.17, 15) is 9.59 Å².